The number of methoxy groups -OCH3 is 1. The average molecular weight is 268 g/mol. The van der Waals surface area contributed by atoms with Crippen molar-refractivity contribution in [2.45, 2.75) is 59.0 Å². The number of carboxylic acids is 1. The van der Waals surface area contributed by atoms with Crippen molar-refractivity contribution in [2.24, 2.45) is 5.92 Å². The Hall–Kier alpha value is -1.09. The van der Waals surface area contributed by atoms with Gasteiger partial charge in [0.15, 0.2) is 0 Å². The number of carbonyl (C=O) groups is 1. The summed E-state index contributed by atoms with van der Waals surface area (Å²) in [4.78, 5) is 10.4. The standard InChI is InChI=1S/C16H28O3/c1-13(10-7-11-16(3,4)19-5)8-6-9-14(2)12-15(17)18/h6,9,12-13H,7-8,10-11H2,1-5H3,(H,17,18)/b9-6+,14-12+. The molecule has 0 bridgehead atoms. The zero-order chi connectivity index (χ0) is 14.9. The molecule has 0 heterocycles. The Morgan fingerprint density at radius 3 is 2.58 bits per heavy atom. The zero-order valence-electron chi connectivity index (χ0n) is 12.9. The lowest BCUT2D eigenvalue weighted by atomic mass is 9.95. The molecule has 0 aromatic rings. The first-order chi connectivity index (χ1) is 8.76. The zero-order valence-corrected chi connectivity index (χ0v) is 12.9. The van der Waals surface area contributed by atoms with Gasteiger partial charge in [-0.15, -0.1) is 0 Å². The number of ether oxygens (including phenoxy) is 1. The van der Waals surface area contributed by atoms with Crippen LogP contribution in [0.25, 0.3) is 0 Å². The summed E-state index contributed by atoms with van der Waals surface area (Å²) in [5, 5.41) is 8.59. The highest BCUT2D eigenvalue weighted by molar-refractivity contribution is 5.81. The molecule has 0 saturated heterocycles. The summed E-state index contributed by atoms with van der Waals surface area (Å²) in [6.45, 7) is 8.24. The van der Waals surface area contributed by atoms with Gasteiger partial charge < -0.3 is 9.84 Å². The minimum absolute atomic E-state index is 0.0314. The van der Waals surface area contributed by atoms with Gasteiger partial charge in [0.25, 0.3) is 0 Å². The van der Waals surface area contributed by atoms with E-state index in [-0.39, 0.29) is 5.60 Å². The molecule has 110 valence electrons. The Morgan fingerprint density at radius 2 is 2.05 bits per heavy atom. The maximum Gasteiger partial charge on any atom is 0.328 e. The topological polar surface area (TPSA) is 46.5 Å². The molecule has 3 heteroatoms. The molecule has 0 aromatic carbocycles. The third-order valence-electron chi connectivity index (χ3n) is 3.30. The lowest BCUT2D eigenvalue weighted by molar-refractivity contribution is -0.131. The fraction of sp³-hybridized carbons (Fsp3) is 0.688. The molecule has 0 radical (unpaired) electrons. The number of rotatable bonds is 9. The Labute approximate surface area is 117 Å². The van der Waals surface area contributed by atoms with Crippen molar-refractivity contribution in [1.29, 1.82) is 0 Å². The van der Waals surface area contributed by atoms with E-state index in [1.165, 1.54) is 12.5 Å². The first-order valence-corrected chi connectivity index (χ1v) is 6.90. The van der Waals surface area contributed by atoms with Crippen LogP contribution < -0.4 is 0 Å². The minimum atomic E-state index is -0.892. The van der Waals surface area contributed by atoms with Crippen molar-refractivity contribution in [1.82, 2.24) is 0 Å². The minimum Gasteiger partial charge on any atom is -0.478 e. The smallest absolute Gasteiger partial charge is 0.328 e. The van der Waals surface area contributed by atoms with Crippen molar-refractivity contribution >= 4 is 5.97 Å². The molecule has 0 saturated carbocycles. The van der Waals surface area contributed by atoms with E-state index in [4.69, 9.17) is 9.84 Å². The molecule has 1 unspecified atom stereocenters. The molecule has 0 spiro atoms. The molecule has 0 fully saturated rings. The largest absolute Gasteiger partial charge is 0.478 e. The fourth-order valence-corrected chi connectivity index (χ4v) is 1.83. The van der Waals surface area contributed by atoms with Gasteiger partial charge in [0.2, 0.25) is 0 Å². The number of hydrogen-bond donors (Lipinski definition) is 1. The molecular formula is C16H28O3. The first-order valence-electron chi connectivity index (χ1n) is 6.90. The fourth-order valence-electron chi connectivity index (χ4n) is 1.83. The van der Waals surface area contributed by atoms with E-state index in [0.717, 1.165) is 24.8 Å². The van der Waals surface area contributed by atoms with Crippen LogP contribution in [0.5, 0.6) is 0 Å². The lowest BCUT2D eigenvalue weighted by Crippen LogP contribution is -2.22. The highest BCUT2D eigenvalue weighted by Gasteiger charge is 2.15. The van der Waals surface area contributed by atoms with Crippen LogP contribution in [0.1, 0.15) is 53.4 Å². The summed E-state index contributed by atoms with van der Waals surface area (Å²) >= 11 is 0. The first kappa shape index (κ1) is 17.9. The number of carboxylic acid groups (broad SMARTS) is 1. The SMILES string of the molecule is COC(C)(C)CCCC(C)C/C=C/C(C)=C/C(=O)O. The Morgan fingerprint density at radius 1 is 1.42 bits per heavy atom. The molecule has 1 N–H and O–H groups in total. The maximum absolute atomic E-state index is 10.4. The average Bonchev–Trinajstić information content (AvgIpc) is 2.27. The van der Waals surface area contributed by atoms with Gasteiger partial charge in [-0.2, -0.15) is 0 Å². The predicted octanol–water partition coefficient (Wildman–Crippen LogP) is 4.20. The number of aliphatic carboxylic acids is 1. The van der Waals surface area contributed by atoms with Crippen LogP contribution >= 0.6 is 0 Å². The number of allylic oxidation sites excluding steroid dienone is 3. The van der Waals surface area contributed by atoms with Gasteiger partial charge in [0.1, 0.15) is 0 Å². The highest BCUT2D eigenvalue weighted by atomic mass is 16.5. The molecule has 0 rings (SSSR count). The lowest BCUT2D eigenvalue weighted by Gasteiger charge is -2.23. The Kier molecular flexibility index (Phi) is 8.41. The molecule has 19 heavy (non-hydrogen) atoms. The molecule has 1 atom stereocenters. The second-order valence-corrected chi connectivity index (χ2v) is 5.83. The van der Waals surface area contributed by atoms with Gasteiger partial charge in [0, 0.05) is 13.2 Å². The van der Waals surface area contributed by atoms with Crippen molar-refractivity contribution in [3.05, 3.63) is 23.8 Å². The van der Waals surface area contributed by atoms with Crippen molar-refractivity contribution in [3.8, 4) is 0 Å². The van der Waals surface area contributed by atoms with Gasteiger partial charge in [-0.25, -0.2) is 4.79 Å². The van der Waals surface area contributed by atoms with E-state index >= 15 is 0 Å². The summed E-state index contributed by atoms with van der Waals surface area (Å²) in [5.41, 5.74) is 0.747. The molecular weight excluding hydrogens is 240 g/mol. The summed E-state index contributed by atoms with van der Waals surface area (Å²) < 4.78 is 5.39. The van der Waals surface area contributed by atoms with Crippen LogP contribution in [0, 0.1) is 5.92 Å². The van der Waals surface area contributed by atoms with Crippen LogP contribution in [0.3, 0.4) is 0 Å². The summed E-state index contributed by atoms with van der Waals surface area (Å²) in [6.07, 6.45) is 9.53. The van der Waals surface area contributed by atoms with Crippen LogP contribution in [-0.4, -0.2) is 23.8 Å². The number of hydrogen-bond acceptors (Lipinski definition) is 2. The van der Waals surface area contributed by atoms with Gasteiger partial charge in [-0.05, 0) is 45.1 Å². The molecule has 0 aliphatic carbocycles. The van der Waals surface area contributed by atoms with Crippen molar-refractivity contribution in [3.63, 3.8) is 0 Å². The maximum atomic E-state index is 10.4. The highest BCUT2D eigenvalue weighted by Crippen LogP contribution is 2.20. The monoisotopic (exact) mass is 268 g/mol. The van der Waals surface area contributed by atoms with E-state index in [2.05, 4.69) is 26.8 Å². The van der Waals surface area contributed by atoms with Crippen LogP contribution in [-0.2, 0) is 9.53 Å². The van der Waals surface area contributed by atoms with E-state index in [1.807, 2.05) is 6.08 Å². The third-order valence-corrected chi connectivity index (χ3v) is 3.30. The normalized spacial score (nSPS) is 14.9. The molecule has 0 aliphatic heterocycles. The summed E-state index contributed by atoms with van der Waals surface area (Å²) in [5.74, 6) is -0.279. The van der Waals surface area contributed by atoms with Gasteiger partial charge in [0.05, 0.1) is 5.60 Å². The van der Waals surface area contributed by atoms with Crippen molar-refractivity contribution < 1.29 is 14.6 Å². The van der Waals surface area contributed by atoms with E-state index in [1.54, 1.807) is 14.0 Å². The van der Waals surface area contributed by atoms with Crippen LogP contribution in [0.15, 0.2) is 23.8 Å². The third kappa shape index (κ3) is 10.5. The summed E-state index contributed by atoms with van der Waals surface area (Å²) in [6, 6.07) is 0. The predicted molar refractivity (Wildman–Crippen MR) is 79.3 cm³/mol. The van der Waals surface area contributed by atoms with Gasteiger partial charge in [-0.1, -0.05) is 31.9 Å². The van der Waals surface area contributed by atoms with Gasteiger partial charge in [-0.3, -0.25) is 0 Å². The van der Waals surface area contributed by atoms with E-state index < -0.39 is 5.97 Å². The van der Waals surface area contributed by atoms with Crippen molar-refractivity contribution in [2.75, 3.05) is 7.11 Å². The quantitative estimate of drug-likeness (QED) is 0.503. The molecule has 3 nitrogen and oxygen atoms in total. The van der Waals surface area contributed by atoms with E-state index in [0.29, 0.717) is 5.92 Å². The Bertz CT molecular complexity index is 327. The van der Waals surface area contributed by atoms with Crippen LogP contribution in [0.4, 0.5) is 0 Å². The van der Waals surface area contributed by atoms with E-state index in [9.17, 15) is 4.79 Å². The Balaban J connectivity index is 3.91. The second-order valence-electron chi connectivity index (χ2n) is 5.83. The second kappa shape index (κ2) is 8.92. The molecule has 0 aromatic heterocycles. The summed E-state index contributed by atoms with van der Waals surface area (Å²) in [7, 11) is 1.75. The van der Waals surface area contributed by atoms with Crippen LogP contribution in [0.2, 0.25) is 0 Å². The van der Waals surface area contributed by atoms with Gasteiger partial charge >= 0.3 is 5.97 Å². The molecule has 0 amide bonds. The molecule has 0 aliphatic rings.